The van der Waals surface area contributed by atoms with E-state index in [0.29, 0.717) is 5.92 Å². The zero-order valence-corrected chi connectivity index (χ0v) is 21.6. The molecule has 5 rings (SSSR count). The summed E-state index contributed by atoms with van der Waals surface area (Å²) in [6.45, 7) is 9.71. The molecule has 4 nitrogen and oxygen atoms in total. The van der Waals surface area contributed by atoms with Crippen molar-refractivity contribution in [3.8, 4) is 0 Å². The second-order valence-electron chi connectivity index (χ2n) is 9.64. The van der Waals surface area contributed by atoms with Crippen molar-refractivity contribution in [2.75, 3.05) is 4.90 Å². The molecule has 1 aliphatic rings. The Balaban J connectivity index is 1.60. The molecule has 0 radical (unpaired) electrons. The fourth-order valence-electron chi connectivity index (χ4n) is 5.11. The lowest BCUT2D eigenvalue weighted by Gasteiger charge is -2.28. The maximum Gasteiger partial charge on any atom is 0.174 e. The number of anilines is 1. The van der Waals surface area contributed by atoms with E-state index in [9.17, 15) is 0 Å². The van der Waals surface area contributed by atoms with Crippen molar-refractivity contribution in [3.05, 3.63) is 119 Å². The van der Waals surface area contributed by atoms with E-state index in [4.69, 9.17) is 17.2 Å². The molecule has 0 bridgehead atoms. The molecule has 1 aliphatic heterocycles. The van der Waals surface area contributed by atoms with Crippen LogP contribution in [0, 0.1) is 13.8 Å². The van der Waals surface area contributed by atoms with Gasteiger partial charge in [0.1, 0.15) is 0 Å². The van der Waals surface area contributed by atoms with Crippen molar-refractivity contribution >= 4 is 23.0 Å². The molecule has 178 valence electrons. The number of hydrogen-bond donors (Lipinski definition) is 1. The molecular weight excluding hydrogens is 448 g/mol. The summed E-state index contributed by atoms with van der Waals surface area (Å²) in [7, 11) is 0. The Morgan fingerprint density at radius 1 is 0.943 bits per heavy atom. The Morgan fingerprint density at radius 3 is 2.31 bits per heavy atom. The van der Waals surface area contributed by atoms with Crippen molar-refractivity contribution in [2.45, 2.75) is 52.2 Å². The van der Waals surface area contributed by atoms with Gasteiger partial charge in [-0.15, -0.1) is 0 Å². The normalized spacial score (nSPS) is 17.7. The molecule has 0 amide bonds. The zero-order chi connectivity index (χ0) is 24.5. The lowest BCUT2D eigenvalue weighted by atomic mass is 9.96. The van der Waals surface area contributed by atoms with Crippen molar-refractivity contribution in [1.82, 2.24) is 14.9 Å². The van der Waals surface area contributed by atoms with E-state index >= 15 is 0 Å². The average Bonchev–Trinajstić information content (AvgIpc) is 3.36. The molecular formula is C30H32N4S. The zero-order valence-electron chi connectivity index (χ0n) is 20.8. The molecule has 0 aliphatic carbocycles. The van der Waals surface area contributed by atoms with Crippen LogP contribution in [0.2, 0.25) is 0 Å². The van der Waals surface area contributed by atoms with Gasteiger partial charge in [0, 0.05) is 29.8 Å². The Bertz CT molecular complexity index is 1310. The van der Waals surface area contributed by atoms with Gasteiger partial charge in [0.05, 0.1) is 17.8 Å². The summed E-state index contributed by atoms with van der Waals surface area (Å²) in [5, 5.41) is 4.33. The maximum absolute atomic E-state index is 5.93. The monoisotopic (exact) mass is 480 g/mol. The molecule has 35 heavy (non-hydrogen) atoms. The van der Waals surface area contributed by atoms with E-state index in [-0.39, 0.29) is 12.1 Å². The summed E-state index contributed by atoms with van der Waals surface area (Å²) in [6, 6.07) is 27.8. The first kappa shape index (κ1) is 23.3. The highest BCUT2D eigenvalue weighted by atomic mass is 32.1. The fraction of sp³-hybridized carbons (Fsp3) is 0.267. The van der Waals surface area contributed by atoms with Crippen LogP contribution in [0.1, 0.15) is 65.6 Å². The Hall–Kier alpha value is -3.44. The number of thiocarbonyl (C=S) groups is 1. The molecule has 2 atom stereocenters. The molecule has 5 heteroatoms. The Morgan fingerprint density at radius 2 is 1.66 bits per heavy atom. The lowest BCUT2D eigenvalue weighted by molar-refractivity contribution is 0.563. The third-order valence-corrected chi connectivity index (χ3v) is 7.37. The number of pyridine rings is 1. The predicted molar refractivity (Wildman–Crippen MR) is 148 cm³/mol. The number of nitrogens with zero attached hydrogens (tertiary/aromatic N) is 3. The minimum Gasteiger partial charge on any atom is -0.351 e. The van der Waals surface area contributed by atoms with E-state index in [2.05, 4.69) is 109 Å². The molecule has 4 aromatic rings. The standard InChI is InChI=1S/C30H32N4S/c1-20(2)24-13-15-25(16-14-24)34-29(28(32-30(34)35)27-12-8-9-17-31-27)26-18-21(3)33(22(26)4)19-23-10-6-5-7-11-23/h5-18,20,28-29H,19H2,1-4H3,(H,32,35)/t28-,29-/m1/s1. The van der Waals surface area contributed by atoms with Crippen LogP contribution in [0.15, 0.2) is 85.1 Å². The summed E-state index contributed by atoms with van der Waals surface area (Å²) in [6.07, 6.45) is 1.86. The van der Waals surface area contributed by atoms with Gasteiger partial charge in [-0.2, -0.15) is 0 Å². The van der Waals surface area contributed by atoms with Gasteiger partial charge in [0.2, 0.25) is 0 Å². The molecule has 2 aromatic heterocycles. The highest BCUT2D eigenvalue weighted by Crippen LogP contribution is 2.43. The minimum atomic E-state index is -0.0425. The molecule has 0 saturated carbocycles. The van der Waals surface area contributed by atoms with Crippen molar-refractivity contribution in [2.24, 2.45) is 0 Å². The topological polar surface area (TPSA) is 33.1 Å². The van der Waals surface area contributed by atoms with Crippen LogP contribution >= 0.6 is 12.2 Å². The number of benzene rings is 2. The van der Waals surface area contributed by atoms with Crippen LogP contribution in [0.3, 0.4) is 0 Å². The Labute approximate surface area is 213 Å². The van der Waals surface area contributed by atoms with E-state index in [1.165, 1.54) is 28.1 Å². The van der Waals surface area contributed by atoms with Crippen molar-refractivity contribution in [1.29, 1.82) is 0 Å². The minimum absolute atomic E-state index is 0.00183. The van der Waals surface area contributed by atoms with E-state index in [1.807, 2.05) is 18.3 Å². The second-order valence-corrected chi connectivity index (χ2v) is 10.0. The van der Waals surface area contributed by atoms with Crippen LogP contribution in [0.5, 0.6) is 0 Å². The highest BCUT2D eigenvalue weighted by Gasteiger charge is 2.42. The van der Waals surface area contributed by atoms with Gasteiger partial charge < -0.3 is 14.8 Å². The third kappa shape index (κ3) is 4.48. The molecule has 1 N–H and O–H groups in total. The SMILES string of the molecule is Cc1cc([C@@H]2[C@@H](c3ccccn3)NC(=S)N2c2ccc(C(C)C)cc2)c(C)n1Cc1ccccc1. The number of aryl methyl sites for hydroxylation is 1. The second kappa shape index (κ2) is 9.67. The van der Waals surface area contributed by atoms with Gasteiger partial charge in [-0.05, 0) is 79.0 Å². The molecule has 1 fully saturated rings. The molecule has 1 saturated heterocycles. The van der Waals surface area contributed by atoms with Crippen LogP contribution in [0.25, 0.3) is 0 Å². The van der Waals surface area contributed by atoms with E-state index in [1.54, 1.807) is 0 Å². The number of nitrogens with one attached hydrogen (secondary N) is 1. The highest BCUT2D eigenvalue weighted by molar-refractivity contribution is 7.80. The largest absolute Gasteiger partial charge is 0.351 e. The van der Waals surface area contributed by atoms with Gasteiger partial charge in [-0.3, -0.25) is 4.98 Å². The molecule has 3 heterocycles. The fourth-order valence-corrected chi connectivity index (χ4v) is 5.45. The van der Waals surface area contributed by atoms with Crippen LogP contribution in [-0.4, -0.2) is 14.7 Å². The van der Waals surface area contributed by atoms with Gasteiger partial charge >= 0.3 is 0 Å². The van der Waals surface area contributed by atoms with E-state index < -0.39 is 0 Å². The van der Waals surface area contributed by atoms with Gasteiger partial charge in [0.25, 0.3) is 0 Å². The van der Waals surface area contributed by atoms with Crippen LogP contribution in [-0.2, 0) is 6.54 Å². The van der Waals surface area contributed by atoms with Gasteiger partial charge in [0.15, 0.2) is 5.11 Å². The summed E-state index contributed by atoms with van der Waals surface area (Å²) in [4.78, 5) is 6.98. The smallest absolute Gasteiger partial charge is 0.174 e. The summed E-state index contributed by atoms with van der Waals surface area (Å²) < 4.78 is 2.40. The third-order valence-electron chi connectivity index (χ3n) is 7.05. The van der Waals surface area contributed by atoms with Crippen LogP contribution < -0.4 is 10.2 Å². The van der Waals surface area contributed by atoms with Gasteiger partial charge in [-0.1, -0.05) is 62.4 Å². The first-order chi connectivity index (χ1) is 16.9. The quantitative estimate of drug-likeness (QED) is 0.306. The average molecular weight is 481 g/mol. The predicted octanol–water partition coefficient (Wildman–Crippen LogP) is 6.85. The number of aromatic nitrogens is 2. The summed E-state index contributed by atoms with van der Waals surface area (Å²) >= 11 is 5.93. The maximum atomic E-state index is 5.93. The number of hydrogen-bond acceptors (Lipinski definition) is 2. The van der Waals surface area contributed by atoms with Gasteiger partial charge in [-0.25, -0.2) is 0 Å². The summed E-state index contributed by atoms with van der Waals surface area (Å²) in [5.41, 5.74) is 8.49. The van der Waals surface area contributed by atoms with Crippen molar-refractivity contribution < 1.29 is 0 Å². The molecule has 2 aromatic carbocycles. The van der Waals surface area contributed by atoms with Crippen molar-refractivity contribution in [3.63, 3.8) is 0 Å². The van der Waals surface area contributed by atoms with Crippen LogP contribution in [0.4, 0.5) is 5.69 Å². The lowest BCUT2D eigenvalue weighted by Crippen LogP contribution is -2.29. The Kier molecular flexibility index (Phi) is 6.44. The summed E-state index contributed by atoms with van der Waals surface area (Å²) in [5.74, 6) is 0.488. The first-order valence-electron chi connectivity index (χ1n) is 12.2. The van der Waals surface area contributed by atoms with E-state index in [0.717, 1.165) is 23.0 Å². The molecule has 0 unspecified atom stereocenters. The first-order valence-corrected chi connectivity index (χ1v) is 12.7. The number of rotatable bonds is 6. The molecule has 0 spiro atoms.